The Balaban J connectivity index is 1.46. The van der Waals surface area contributed by atoms with E-state index in [9.17, 15) is 9.60 Å². The van der Waals surface area contributed by atoms with Crippen LogP contribution in [0.1, 0.15) is 35.6 Å². The number of hydrogen-bond acceptors (Lipinski definition) is 1. The van der Waals surface area contributed by atoms with Crippen molar-refractivity contribution >= 4 is 65.6 Å². The van der Waals surface area contributed by atoms with E-state index in [0.717, 1.165) is 9.13 Å². The Hall–Kier alpha value is -6.06. The van der Waals surface area contributed by atoms with Gasteiger partial charge in [-0.15, -0.1) is 0 Å². The highest BCUT2D eigenvalue weighted by Crippen LogP contribution is 2.40. The molecule has 45 heavy (non-hydrogen) atoms. The molecular weight excluding hydrogens is 548 g/mol. The van der Waals surface area contributed by atoms with Crippen LogP contribution in [0.3, 0.4) is 0 Å². The maximum absolute atomic E-state index is 9.87. The highest BCUT2D eigenvalue weighted by Gasteiger charge is 2.17. The largest absolute Gasteiger partial charge is 0.456 e. The number of furan rings is 1. The van der Waals surface area contributed by atoms with Gasteiger partial charge in [-0.05, 0) is 71.6 Å². The number of rotatable bonds is 3. The van der Waals surface area contributed by atoms with Gasteiger partial charge in [0.1, 0.15) is 11.2 Å². The Labute approximate surface area is 295 Å². The van der Waals surface area contributed by atoms with Crippen LogP contribution in [-0.4, -0.2) is 9.13 Å². The topological polar surface area (TPSA) is 23.0 Å². The van der Waals surface area contributed by atoms with Crippen LogP contribution >= 0.6 is 0 Å². The molecule has 0 atom stereocenters. The summed E-state index contributed by atoms with van der Waals surface area (Å²) in [5.41, 5.74) is -6.60. The molecule has 0 fully saturated rings. The molecule has 10 aromatic rings. The molecule has 3 aromatic heterocycles. The zero-order chi connectivity index (χ0) is 52.1. The van der Waals surface area contributed by atoms with Crippen molar-refractivity contribution in [1.82, 2.24) is 9.13 Å². The minimum absolute atomic E-state index is 0.436. The molecule has 210 valence electrons. The number of hydrogen-bond donors (Lipinski definition) is 0. The number of para-hydroxylation sites is 4. The molecule has 0 aliphatic carbocycles. The van der Waals surface area contributed by atoms with Gasteiger partial charge in [0.2, 0.25) is 0 Å². The molecule has 7 aromatic carbocycles. The van der Waals surface area contributed by atoms with Gasteiger partial charge in [0.25, 0.3) is 0 Å². The molecule has 3 heterocycles. The van der Waals surface area contributed by atoms with Crippen molar-refractivity contribution in [2.75, 3.05) is 0 Å². The van der Waals surface area contributed by atoms with Crippen molar-refractivity contribution < 1.29 is 40.1 Å². The maximum atomic E-state index is 9.87. The van der Waals surface area contributed by atoms with Gasteiger partial charge >= 0.3 is 0 Å². The molecule has 0 radical (unpaired) electrons. The molecular formula is C42H26N2O. The summed E-state index contributed by atoms with van der Waals surface area (Å²) in [4.78, 5) is 0. The van der Waals surface area contributed by atoms with E-state index in [4.69, 9.17) is 30.5 Å². The first kappa shape index (κ1) is 10.3. The number of aromatic nitrogens is 2. The fourth-order valence-corrected chi connectivity index (χ4v) is 5.60. The van der Waals surface area contributed by atoms with E-state index >= 15 is 0 Å². The predicted molar refractivity (Wildman–Crippen MR) is 188 cm³/mol. The Kier molecular flexibility index (Phi) is 2.10. The monoisotopic (exact) mass is 600 g/mol. The van der Waals surface area contributed by atoms with Crippen molar-refractivity contribution in [3.05, 3.63) is 157 Å². The third kappa shape index (κ3) is 3.46. The molecule has 10 rings (SSSR count). The van der Waals surface area contributed by atoms with Crippen LogP contribution in [0, 0.1) is 0 Å². The van der Waals surface area contributed by atoms with Crippen molar-refractivity contribution in [3.8, 4) is 22.5 Å². The first-order chi connectivity index (χ1) is 33.2. The van der Waals surface area contributed by atoms with Crippen LogP contribution in [-0.2, 0) is 0 Å². The molecule has 3 nitrogen and oxygen atoms in total. The highest BCUT2D eigenvalue weighted by molar-refractivity contribution is 6.14. The Morgan fingerprint density at radius 2 is 0.933 bits per heavy atom. The molecule has 0 bridgehead atoms. The van der Waals surface area contributed by atoms with E-state index in [1.807, 2.05) is 0 Å². The number of benzene rings is 7. The molecule has 0 N–H and O–H groups in total. The van der Waals surface area contributed by atoms with E-state index in [1.165, 1.54) is 0 Å². The van der Waals surface area contributed by atoms with Crippen LogP contribution in [0.15, 0.2) is 162 Å². The lowest BCUT2D eigenvalue weighted by Gasteiger charge is -2.12. The molecule has 0 aliphatic rings. The number of fused-ring (bicyclic) bond motifs is 9. The van der Waals surface area contributed by atoms with Crippen LogP contribution in [0.2, 0.25) is 0 Å². The predicted octanol–water partition coefficient (Wildman–Crippen LogP) is 11.4. The van der Waals surface area contributed by atoms with Gasteiger partial charge in [-0.2, -0.15) is 0 Å². The van der Waals surface area contributed by atoms with Crippen LogP contribution in [0.4, 0.5) is 0 Å². The van der Waals surface area contributed by atoms with E-state index in [-0.39, 0.29) is 0 Å². The maximum Gasteiger partial charge on any atom is 0.136 e. The van der Waals surface area contributed by atoms with Gasteiger partial charge in [0, 0.05) is 43.7 Å². The fraction of sp³-hybridized carbons (Fsp3) is 0. The molecule has 0 unspecified atom stereocenters. The summed E-state index contributed by atoms with van der Waals surface area (Å²) in [5, 5.41) is -3.00. The lowest BCUT2D eigenvalue weighted by atomic mass is 9.99. The summed E-state index contributed by atoms with van der Waals surface area (Å²) in [6.07, 6.45) is 0. The zero-order valence-electron chi connectivity index (χ0n) is 48.3. The summed E-state index contributed by atoms with van der Waals surface area (Å²) in [6, 6.07) is -22.6. The summed E-state index contributed by atoms with van der Waals surface area (Å²) in [5.74, 6) is 0. The van der Waals surface area contributed by atoms with Gasteiger partial charge in [-0.25, -0.2) is 0 Å². The fourth-order valence-electron chi connectivity index (χ4n) is 5.60. The average molecular weight is 601 g/mol. The van der Waals surface area contributed by atoms with Crippen molar-refractivity contribution in [1.29, 1.82) is 0 Å². The van der Waals surface area contributed by atoms with E-state index in [2.05, 4.69) is 0 Å². The van der Waals surface area contributed by atoms with Gasteiger partial charge in [0.05, 0.1) is 57.7 Å². The highest BCUT2D eigenvalue weighted by atomic mass is 16.3. The molecule has 3 heteroatoms. The summed E-state index contributed by atoms with van der Waals surface area (Å²) < 4.78 is 240. The van der Waals surface area contributed by atoms with Crippen LogP contribution in [0.25, 0.3) is 88.1 Å². The summed E-state index contributed by atoms with van der Waals surface area (Å²) >= 11 is 0. The lowest BCUT2D eigenvalue weighted by Crippen LogP contribution is -1.96. The SMILES string of the molecule is [2H]c1c([2H])c(-c2c([2H])c([2H])c([2H])c3oc4c([2H])c([2H])c([2H])c([2H])c4c23)c([2H])c(-n2c3c([2H])c([2H])c([2H])c([2H])c3c3c([2H])c(-n4c5c([2H])c([2H])c([2H])c([2H])c5c5c([2H])c([2H])c([2H])c([2H])c54)c([2H])c([2H])c32)c1[2H]. The second kappa shape index (κ2) is 9.22. The van der Waals surface area contributed by atoms with E-state index in [1.54, 1.807) is 0 Å². The third-order valence-electron chi connectivity index (χ3n) is 7.43. The molecule has 0 amide bonds. The van der Waals surface area contributed by atoms with Gasteiger partial charge in [-0.1, -0.05) is 96.7 Å². The van der Waals surface area contributed by atoms with Gasteiger partial charge in [0.15, 0.2) is 0 Å². The molecule has 0 saturated heterocycles. The van der Waals surface area contributed by atoms with Crippen molar-refractivity contribution in [2.45, 2.75) is 0 Å². The smallest absolute Gasteiger partial charge is 0.136 e. The molecule has 0 aliphatic heterocycles. The average Bonchev–Trinajstić information content (AvgIpc) is 4.02. The molecule has 0 saturated carbocycles. The van der Waals surface area contributed by atoms with Crippen LogP contribution < -0.4 is 0 Å². The first-order valence-electron chi connectivity index (χ1n) is 26.2. The van der Waals surface area contributed by atoms with Crippen molar-refractivity contribution in [2.24, 2.45) is 0 Å². The quantitative estimate of drug-likeness (QED) is 0.198. The molecule has 0 spiro atoms. The Morgan fingerprint density at radius 3 is 1.64 bits per heavy atom. The lowest BCUT2D eigenvalue weighted by molar-refractivity contribution is 0.669. The standard InChI is InChI=1S/C42H26N2O/c1-5-18-36-31(13-1)32-14-2-6-19-37(32)44(36)29-23-24-39-35(26-29)33-15-3-7-20-38(33)43(39)28-12-9-11-27(25-28)30-17-10-22-41-42(30)34-16-4-8-21-40(34)45-41/h1-26H/i1D,2D,3D,4D,5D,6D,7D,8D,9D,10D,11D,12D,13D,14D,15D,16D,17D,18D,19D,20D,21D,22D,23D,24D,25D,26D. The van der Waals surface area contributed by atoms with Gasteiger partial charge < -0.3 is 13.6 Å². The summed E-state index contributed by atoms with van der Waals surface area (Å²) in [6.45, 7) is 0. The number of nitrogens with zero attached hydrogens (tertiary/aromatic N) is 2. The third-order valence-corrected chi connectivity index (χ3v) is 7.43. The second-order valence-electron chi connectivity index (χ2n) is 9.77. The Morgan fingerprint density at radius 1 is 0.400 bits per heavy atom. The minimum atomic E-state index is -1.03. The first-order valence-corrected chi connectivity index (χ1v) is 13.2. The Bertz CT molecular complexity index is 4170. The van der Waals surface area contributed by atoms with Gasteiger partial charge in [-0.3, -0.25) is 0 Å². The zero-order valence-corrected chi connectivity index (χ0v) is 22.3. The van der Waals surface area contributed by atoms with E-state index < -0.39 is 245 Å². The van der Waals surface area contributed by atoms with Crippen molar-refractivity contribution in [3.63, 3.8) is 0 Å². The normalized spacial score (nSPS) is 20.1. The van der Waals surface area contributed by atoms with E-state index in [0.29, 0.717) is 0 Å². The van der Waals surface area contributed by atoms with Crippen LogP contribution in [0.5, 0.6) is 0 Å². The minimum Gasteiger partial charge on any atom is -0.456 e. The summed E-state index contributed by atoms with van der Waals surface area (Å²) in [7, 11) is 0. The second-order valence-corrected chi connectivity index (χ2v) is 9.77.